The number of nitrogens with one attached hydrogen (secondary N) is 1. The van der Waals surface area contributed by atoms with Crippen LogP contribution in [-0.4, -0.2) is 23.6 Å². The highest BCUT2D eigenvalue weighted by Crippen LogP contribution is 2.27. The molecular weight excluding hydrogens is 258 g/mol. The lowest BCUT2D eigenvalue weighted by Crippen LogP contribution is -2.42. The lowest BCUT2D eigenvalue weighted by Gasteiger charge is -2.22. The van der Waals surface area contributed by atoms with Gasteiger partial charge < -0.3 is 4.74 Å². The molecule has 0 fully saturated rings. The van der Waals surface area contributed by atoms with Gasteiger partial charge in [0.15, 0.2) is 0 Å². The van der Waals surface area contributed by atoms with E-state index in [2.05, 4.69) is 11.4 Å². The molecule has 0 aliphatic heterocycles. The molecule has 0 radical (unpaired) electrons. The van der Waals surface area contributed by atoms with Gasteiger partial charge in [-0.3, -0.25) is 15.4 Å². The van der Waals surface area contributed by atoms with Crippen molar-refractivity contribution in [3.8, 4) is 11.8 Å². The molecule has 0 amide bonds. The van der Waals surface area contributed by atoms with Crippen LogP contribution in [0.3, 0.4) is 0 Å². The lowest BCUT2D eigenvalue weighted by molar-refractivity contribution is -0.385. The van der Waals surface area contributed by atoms with E-state index in [1.165, 1.54) is 6.07 Å². The minimum atomic E-state index is -0.649. The molecule has 0 aromatic heterocycles. The summed E-state index contributed by atoms with van der Waals surface area (Å²) in [6.45, 7) is 6.40. The molecule has 20 heavy (non-hydrogen) atoms. The normalized spacial score (nSPS) is 13.3. The van der Waals surface area contributed by atoms with E-state index in [4.69, 9.17) is 10.00 Å². The molecule has 0 saturated carbocycles. The first-order chi connectivity index (χ1) is 9.43. The van der Waals surface area contributed by atoms with Gasteiger partial charge in [0.1, 0.15) is 11.3 Å². The highest BCUT2D eigenvalue weighted by molar-refractivity contribution is 5.48. The fourth-order valence-electron chi connectivity index (χ4n) is 1.90. The standard InChI is InChI=1S/C14H19N3O3/c1-4-16-14(3,10-15)8-9-20-13-7-5-6-12(11(13)2)17(18)19/h5-7,16H,4,8-9H2,1-3H3. The molecule has 1 aromatic rings. The Balaban J connectivity index is 2.70. The van der Waals surface area contributed by atoms with Gasteiger partial charge in [-0.1, -0.05) is 13.0 Å². The van der Waals surface area contributed by atoms with Gasteiger partial charge in [0, 0.05) is 12.5 Å². The van der Waals surface area contributed by atoms with E-state index in [0.29, 0.717) is 30.9 Å². The van der Waals surface area contributed by atoms with Gasteiger partial charge in [0.25, 0.3) is 5.69 Å². The molecule has 1 unspecified atom stereocenters. The monoisotopic (exact) mass is 277 g/mol. The third kappa shape index (κ3) is 3.93. The van der Waals surface area contributed by atoms with Crippen molar-refractivity contribution in [3.63, 3.8) is 0 Å². The van der Waals surface area contributed by atoms with Crippen molar-refractivity contribution >= 4 is 5.69 Å². The summed E-state index contributed by atoms with van der Waals surface area (Å²) in [6.07, 6.45) is 0.499. The highest BCUT2D eigenvalue weighted by Gasteiger charge is 2.22. The molecule has 0 spiro atoms. The summed E-state index contributed by atoms with van der Waals surface area (Å²) in [5, 5.41) is 23.1. The van der Waals surface area contributed by atoms with E-state index in [-0.39, 0.29) is 5.69 Å². The predicted molar refractivity (Wildman–Crippen MR) is 75.6 cm³/mol. The summed E-state index contributed by atoms with van der Waals surface area (Å²) in [6, 6.07) is 6.94. The molecule has 0 bridgehead atoms. The van der Waals surface area contributed by atoms with Crippen LogP contribution in [0.25, 0.3) is 0 Å². The summed E-state index contributed by atoms with van der Waals surface area (Å²) in [7, 11) is 0. The van der Waals surface area contributed by atoms with E-state index in [0.717, 1.165) is 0 Å². The van der Waals surface area contributed by atoms with E-state index in [9.17, 15) is 10.1 Å². The molecule has 0 saturated heterocycles. The number of benzene rings is 1. The molecule has 0 heterocycles. The number of nitro benzene ring substituents is 1. The average Bonchev–Trinajstić information content (AvgIpc) is 2.40. The number of nitrogens with zero attached hydrogens (tertiary/aromatic N) is 2. The molecule has 1 atom stereocenters. The number of hydrogen-bond acceptors (Lipinski definition) is 5. The van der Waals surface area contributed by atoms with Crippen molar-refractivity contribution in [2.45, 2.75) is 32.7 Å². The van der Waals surface area contributed by atoms with E-state index in [1.54, 1.807) is 26.0 Å². The minimum absolute atomic E-state index is 0.0391. The van der Waals surface area contributed by atoms with Gasteiger partial charge in [-0.15, -0.1) is 0 Å². The van der Waals surface area contributed by atoms with Crippen molar-refractivity contribution in [1.82, 2.24) is 5.32 Å². The maximum absolute atomic E-state index is 10.8. The van der Waals surface area contributed by atoms with Gasteiger partial charge in [-0.25, -0.2) is 0 Å². The zero-order valence-corrected chi connectivity index (χ0v) is 12.0. The number of ether oxygens (including phenoxy) is 1. The van der Waals surface area contributed by atoms with Crippen molar-refractivity contribution in [3.05, 3.63) is 33.9 Å². The maximum Gasteiger partial charge on any atom is 0.276 e. The van der Waals surface area contributed by atoms with Crippen LogP contribution in [0, 0.1) is 28.4 Å². The van der Waals surface area contributed by atoms with Gasteiger partial charge in [-0.2, -0.15) is 5.26 Å². The van der Waals surface area contributed by atoms with Gasteiger partial charge >= 0.3 is 0 Å². The Kier molecular flexibility index (Phi) is 5.47. The number of hydrogen-bond donors (Lipinski definition) is 1. The molecule has 1 rings (SSSR count). The molecule has 6 heteroatoms. The Labute approximate surface area is 118 Å². The second-order valence-corrected chi connectivity index (χ2v) is 4.73. The summed E-state index contributed by atoms with van der Waals surface area (Å²) >= 11 is 0. The number of nitriles is 1. The second-order valence-electron chi connectivity index (χ2n) is 4.73. The largest absolute Gasteiger partial charge is 0.493 e. The first-order valence-corrected chi connectivity index (χ1v) is 6.46. The van der Waals surface area contributed by atoms with Crippen LogP contribution < -0.4 is 10.1 Å². The van der Waals surface area contributed by atoms with Gasteiger partial charge in [0.2, 0.25) is 0 Å². The first-order valence-electron chi connectivity index (χ1n) is 6.46. The molecule has 0 aliphatic carbocycles. The van der Waals surface area contributed by atoms with Crippen LogP contribution in [0.2, 0.25) is 0 Å². The smallest absolute Gasteiger partial charge is 0.276 e. The summed E-state index contributed by atoms with van der Waals surface area (Å²) in [5.41, 5.74) is -0.111. The SMILES string of the molecule is CCNC(C)(C#N)CCOc1cccc([N+](=O)[O-])c1C. The first kappa shape index (κ1) is 15.9. The van der Waals surface area contributed by atoms with Crippen LogP contribution in [-0.2, 0) is 0 Å². The fourth-order valence-corrected chi connectivity index (χ4v) is 1.90. The van der Waals surface area contributed by atoms with Crippen LogP contribution in [0.4, 0.5) is 5.69 Å². The quantitative estimate of drug-likeness (QED) is 0.611. The fraction of sp³-hybridized carbons (Fsp3) is 0.500. The van der Waals surface area contributed by atoms with E-state index in [1.807, 2.05) is 6.92 Å². The Morgan fingerprint density at radius 1 is 1.55 bits per heavy atom. The van der Waals surface area contributed by atoms with Gasteiger partial charge in [-0.05, 0) is 26.5 Å². The van der Waals surface area contributed by atoms with Crippen LogP contribution in [0.15, 0.2) is 18.2 Å². The van der Waals surface area contributed by atoms with E-state index < -0.39 is 10.5 Å². The third-order valence-electron chi connectivity index (χ3n) is 3.13. The van der Waals surface area contributed by atoms with Crippen LogP contribution in [0.5, 0.6) is 5.75 Å². The summed E-state index contributed by atoms with van der Waals surface area (Å²) in [4.78, 5) is 10.4. The molecule has 1 N–H and O–H groups in total. The van der Waals surface area contributed by atoms with Crippen molar-refractivity contribution < 1.29 is 9.66 Å². The Morgan fingerprint density at radius 3 is 2.80 bits per heavy atom. The van der Waals surface area contributed by atoms with Crippen molar-refractivity contribution in [1.29, 1.82) is 5.26 Å². The number of nitro groups is 1. The zero-order chi connectivity index (χ0) is 15.2. The molecule has 108 valence electrons. The number of rotatable bonds is 7. The Bertz CT molecular complexity index is 525. The molecule has 6 nitrogen and oxygen atoms in total. The second kappa shape index (κ2) is 6.87. The summed E-state index contributed by atoms with van der Waals surface area (Å²) < 4.78 is 5.58. The minimum Gasteiger partial charge on any atom is -0.493 e. The predicted octanol–water partition coefficient (Wildman–Crippen LogP) is 2.56. The Hall–Kier alpha value is -2.13. The van der Waals surface area contributed by atoms with Gasteiger partial charge in [0.05, 0.1) is 23.2 Å². The summed E-state index contributed by atoms with van der Waals surface area (Å²) in [5.74, 6) is 0.482. The Morgan fingerprint density at radius 2 is 2.25 bits per heavy atom. The van der Waals surface area contributed by atoms with Crippen molar-refractivity contribution in [2.75, 3.05) is 13.2 Å². The molecule has 1 aromatic carbocycles. The lowest BCUT2D eigenvalue weighted by atomic mass is 10.0. The third-order valence-corrected chi connectivity index (χ3v) is 3.13. The molecular formula is C14H19N3O3. The maximum atomic E-state index is 10.8. The van der Waals surface area contributed by atoms with E-state index >= 15 is 0 Å². The van der Waals surface area contributed by atoms with Crippen LogP contribution in [0.1, 0.15) is 25.8 Å². The van der Waals surface area contributed by atoms with Crippen molar-refractivity contribution in [2.24, 2.45) is 0 Å². The zero-order valence-electron chi connectivity index (χ0n) is 12.0. The highest BCUT2D eigenvalue weighted by atomic mass is 16.6. The topological polar surface area (TPSA) is 88.2 Å². The average molecular weight is 277 g/mol. The molecule has 0 aliphatic rings. The van der Waals surface area contributed by atoms with Crippen LogP contribution >= 0.6 is 0 Å².